The van der Waals surface area contributed by atoms with Gasteiger partial charge in [0.2, 0.25) is 5.91 Å². The average molecular weight is 458 g/mol. The van der Waals surface area contributed by atoms with Gasteiger partial charge in [-0.05, 0) is 43.0 Å². The van der Waals surface area contributed by atoms with Crippen LogP contribution in [0.1, 0.15) is 24.5 Å². The maximum Gasteiger partial charge on any atom is 0.224 e. The number of aliphatic imine (C=N–C) groups is 1. The summed E-state index contributed by atoms with van der Waals surface area (Å²) in [5, 5.41) is 7.13. The summed E-state index contributed by atoms with van der Waals surface area (Å²) in [4.78, 5) is 16.9. The third-order valence-electron chi connectivity index (χ3n) is 5.50. The zero-order valence-corrected chi connectivity index (χ0v) is 19.1. The molecule has 2 heterocycles. The van der Waals surface area contributed by atoms with E-state index in [0.29, 0.717) is 6.42 Å². The molecular formula is C23H27N3O3S2. The Kier molecular flexibility index (Phi) is 6.67. The van der Waals surface area contributed by atoms with Crippen molar-refractivity contribution >= 4 is 38.4 Å². The number of benzene rings is 2. The van der Waals surface area contributed by atoms with Gasteiger partial charge in [0, 0.05) is 17.0 Å². The van der Waals surface area contributed by atoms with Crippen molar-refractivity contribution in [2.45, 2.75) is 43.5 Å². The van der Waals surface area contributed by atoms with E-state index in [4.69, 9.17) is 0 Å². The Hall–Kier alpha value is -2.32. The summed E-state index contributed by atoms with van der Waals surface area (Å²) in [5.74, 6) is 0.369. The Morgan fingerprint density at radius 3 is 2.55 bits per heavy atom. The fraction of sp³-hybridized carbons (Fsp3) is 0.391. The SMILES string of the molecule is C[C@H](CCc1ccccc1)NC(=O)Cc1ccc(NC2=N[C@H]3CS(=O)(=O)C[C@@H]3S2)cc1. The molecule has 1 fully saturated rings. The van der Waals surface area contributed by atoms with Crippen molar-refractivity contribution in [2.24, 2.45) is 4.99 Å². The van der Waals surface area contributed by atoms with Gasteiger partial charge in [0.15, 0.2) is 15.0 Å². The highest BCUT2D eigenvalue weighted by atomic mass is 32.2. The Morgan fingerprint density at radius 1 is 1.10 bits per heavy atom. The maximum absolute atomic E-state index is 12.4. The van der Waals surface area contributed by atoms with Crippen LogP contribution >= 0.6 is 11.8 Å². The molecule has 1 saturated heterocycles. The zero-order chi connectivity index (χ0) is 21.8. The number of hydrogen-bond donors (Lipinski definition) is 2. The molecule has 1 amide bonds. The van der Waals surface area contributed by atoms with Gasteiger partial charge in [-0.15, -0.1) is 0 Å². The molecule has 0 unspecified atom stereocenters. The monoisotopic (exact) mass is 457 g/mol. The first kappa shape index (κ1) is 21.9. The lowest BCUT2D eigenvalue weighted by atomic mass is 10.1. The van der Waals surface area contributed by atoms with Crippen LogP contribution in [0.5, 0.6) is 0 Å². The normalized spacial score (nSPS) is 22.4. The second kappa shape index (κ2) is 9.44. The van der Waals surface area contributed by atoms with E-state index in [9.17, 15) is 13.2 Å². The van der Waals surface area contributed by atoms with Gasteiger partial charge >= 0.3 is 0 Å². The largest absolute Gasteiger partial charge is 0.353 e. The molecule has 2 aromatic rings. The molecule has 164 valence electrons. The van der Waals surface area contributed by atoms with Crippen molar-refractivity contribution < 1.29 is 13.2 Å². The van der Waals surface area contributed by atoms with Crippen LogP contribution in [0, 0.1) is 0 Å². The van der Waals surface area contributed by atoms with Crippen molar-refractivity contribution in [1.82, 2.24) is 5.32 Å². The minimum absolute atomic E-state index is 0.0195. The smallest absolute Gasteiger partial charge is 0.224 e. The number of sulfone groups is 1. The number of rotatable bonds is 7. The van der Waals surface area contributed by atoms with E-state index >= 15 is 0 Å². The van der Waals surface area contributed by atoms with Gasteiger partial charge in [-0.2, -0.15) is 0 Å². The minimum Gasteiger partial charge on any atom is -0.353 e. The standard InChI is InChI=1S/C23H27N3O3S2/c1-16(7-8-17-5-3-2-4-6-17)24-22(27)13-18-9-11-19(12-10-18)25-23-26-20-14-31(28,29)15-21(20)30-23/h2-6,9-12,16,20-21H,7-8,13-15H2,1H3,(H,24,27)(H,25,26)/t16-,20+,21+/m1/s1. The quantitative estimate of drug-likeness (QED) is 0.667. The van der Waals surface area contributed by atoms with Crippen LogP contribution in [0.15, 0.2) is 59.6 Å². The molecule has 4 rings (SSSR count). The van der Waals surface area contributed by atoms with Crippen molar-refractivity contribution in [1.29, 1.82) is 0 Å². The van der Waals surface area contributed by atoms with Crippen LogP contribution in [-0.4, -0.2) is 48.3 Å². The predicted molar refractivity (Wildman–Crippen MR) is 127 cm³/mol. The maximum atomic E-state index is 12.4. The molecule has 2 aliphatic rings. The number of amidine groups is 1. The third-order valence-corrected chi connectivity index (χ3v) is 8.65. The molecule has 2 N–H and O–H groups in total. The first-order chi connectivity index (χ1) is 14.9. The number of nitrogens with one attached hydrogen (secondary N) is 2. The molecule has 3 atom stereocenters. The molecule has 0 aromatic heterocycles. The van der Waals surface area contributed by atoms with Crippen LogP contribution in [0.25, 0.3) is 0 Å². The molecular weight excluding hydrogens is 430 g/mol. The molecule has 0 bridgehead atoms. The van der Waals surface area contributed by atoms with Gasteiger partial charge in [0.25, 0.3) is 0 Å². The topological polar surface area (TPSA) is 87.6 Å². The van der Waals surface area contributed by atoms with Gasteiger partial charge in [-0.1, -0.05) is 54.2 Å². The van der Waals surface area contributed by atoms with E-state index in [1.807, 2.05) is 49.4 Å². The van der Waals surface area contributed by atoms with Crippen LogP contribution in [0.3, 0.4) is 0 Å². The highest BCUT2D eigenvalue weighted by molar-refractivity contribution is 8.15. The Bertz CT molecular complexity index is 1050. The lowest BCUT2D eigenvalue weighted by molar-refractivity contribution is -0.121. The Morgan fingerprint density at radius 2 is 1.84 bits per heavy atom. The molecule has 6 nitrogen and oxygen atoms in total. The molecule has 8 heteroatoms. The lowest BCUT2D eigenvalue weighted by Gasteiger charge is -2.14. The molecule has 0 spiro atoms. The summed E-state index contributed by atoms with van der Waals surface area (Å²) >= 11 is 1.50. The second-order valence-electron chi connectivity index (χ2n) is 8.23. The third kappa shape index (κ3) is 6.11. The molecule has 0 aliphatic carbocycles. The van der Waals surface area contributed by atoms with Gasteiger partial charge < -0.3 is 10.6 Å². The van der Waals surface area contributed by atoms with Crippen LogP contribution < -0.4 is 10.6 Å². The summed E-state index contributed by atoms with van der Waals surface area (Å²) in [6.07, 6.45) is 2.19. The second-order valence-corrected chi connectivity index (χ2v) is 11.6. The molecule has 2 aromatic carbocycles. The average Bonchev–Trinajstić information content (AvgIpc) is 3.21. The lowest BCUT2D eigenvalue weighted by Crippen LogP contribution is -2.34. The number of hydrogen-bond acceptors (Lipinski definition) is 6. The van der Waals surface area contributed by atoms with E-state index in [2.05, 4.69) is 27.8 Å². The fourth-order valence-corrected chi connectivity index (χ4v) is 7.53. The highest BCUT2D eigenvalue weighted by Crippen LogP contribution is 2.34. The number of amides is 1. The summed E-state index contributed by atoms with van der Waals surface area (Å²) in [6.45, 7) is 2.04. The van der Waals surface area contributed by atoms with Crippen LogP contribution in [0.4, 0.5) is 5.69 Å². The number of fused-ring (bicyclic) bond motifs is 1. The first-order valence-corrected chi connectivity index (χ1v) is 13.2. The number of nitrogens with zero attached hydrogens (tertiary/aromatic N) is 1. The van der Waals surface area contributed by atoms with Crippen molar-refractivity contribution in [3.8, 4) is 0 Å². The van der Waals surface area contributed by atoms with E-state index in [-0.39, 0.29) is 34.7 Å². The minimum atomic E-state index is -2.94. The van der Waals surface area contributed by atoms with Gasteiger partial charge in [-0.25, -0.2) is 8.42 Å². The van der Waals surface area contributed by atoms with Crippen molar-refractivity contribution in [2.75, 3.05) is 16.8 Å². The number of carbonyl (C=O) groups excluding carboxylic acids is 1. The van der Waals surface area contributed by atoms with Gasteiger partial charge in [-0.3, -0.25) is 9.79 Å². The molecule has 0 saturated carbocycles. The molecule has 2 aliphatic heterocycles. The van der Waals surface area contributed by atoms with E-state index in [1.165, 1.54) is 17.3 Å². The Labute approximate surface area is 187 Å². The van der Waals surface area contributed by atoms with E-state index in [0.717, 1.165) is 29.3 Å². The Balaban J connectivity index is 1.23. The van der Waals surface area contributed by atoms with Crippen LogP contribution in [-0.2, 0) is 27.5 Å². The summed E-state index contributed by atoms with van der Waals surface area (Å²) in [5.41, 5.74) is 3.11. The number of thioether (sulfide) groups is 1. The summed E-state index contributed by atoms with van der Waals surface area (Å²) in [6, 6.07) is 18.0. The van der Waals surface area contributed by atoms with E-state index < -0.39 is 9.84 Å². The summed E-state index contributed by atoms with van der Waals surface area (Å²) in [7, 11) is -2.94. The molecule has 0 radical (unpaired) electrons. The van der Waals surface area contributed by atoms with Crippen molar-refractivity contribution in [3.05, 3.63) is 65.7 Å². The first-order valence-electron chi connectivity index (χ1n) is 10.5. The number of anilines is 1. The predicted octanol–water partition coefficient (Wildman–Crippen LogP) is 3.05. The summed E-state index contributed by atoms with van der Waals surface area (Å²) < 4.78 is 23.3. The molecule has 31 heavy (non-hydrogen) atoms. The van der Waals surface area contributed by atoms with Crippen LogP contribution in [0.2, 0.25) is 0 Å². The zero-order valence-electron chi connectivity index (χ0n) is 17.5. The number of carbonyl (C=O) groups is 1. The highest BCUT2D eigenvalue weighted by Gasteiger charge is 2.42. The van der Waals surface area contributed by atoms with Crippen molar-refractivity contribution in [3.63, 3.8) is 0 Å². The van der Waals surface area contributed by atoms with Gasteiger partial charge in [0.1, 0.15) is 0 Å². The number of aryl methyl sites for hydroxylation is 1. The van der Waals surface area contributed by atoms with Gasteiger partial charge in [0.05, 0.1) is 24.0 Å². The van der Waals surface area contributed by atoms with E-state index in [1.54, 1.807) is 0 Å². The fourth-order valence-electron chi connectivity index (χ4n) is 3.86.